The number of nitrogens with zero attached hydrogens (tertiary/aromatic N) is 1. The van der Waals surface area contributed by atoms with Crippen LogP contribution in [0.2, 0.25) is 0 Å². The van der Waals surface area contributed by atoms with Crippen LogP contribution in [0.15, 0.2) is 41.3 Å². The van der Waals surface area contributed by atoms with Gasteiger partial charge in [0, 0.05) is 23.8 Å². The lowest BCUT2D eigenvalue weighted by atomic mass is 10.1. The van der Waals surface area contributed by atoms with Crippen LogP contribution in [0.5, 0.6) is 0 Å². The average molecular weight is 472 g/mol. The number of anilines is 1. The van der Waals surface area contributed by atoms with Crippen molar-refractivity contribution in [2.75, 3.05) is 11.3 Å². The molecule has 3 rings (SSSR count). The molecule has 2 amide bonds. The number of carbonyl (C=O) groups is 2. The molecule has 2 aromatic rings. The molecule has 1 fully saturated rings. The highest BCUT2D eigenvalue weighted by Gasteiger charge is 2.35. The molecule has 2 atom stereocenters. The fourth-order valence-corrected chi connectivity index (χ4v) is 5.40. The molecule has 0 bridgehead atoms. The monoisotopic (exact) mass is 471 g/mol. The third-order valence-electron chi connectivity index (χ3n) is 6.26. The van der Waals surface area contributed by atoms with Crippen LogP contribution in [0.4, 0.5) is 5.69 Å². The van der Waals surface area contributed by atoms with Crippen molar-refractivity contribution in [3.05, 3.63) is 58.7 Å². The highest BCUT2D eigenvalue weighted by atomic mass is 32.2. The van der Waals surface area contributed by atoms with Crippen LogP contribution in [0.25, 0.3) is 0 Å². The molecular weight excluding hydrogens is 438 g/mol. The number of sulfonamides is 1. The molecule has 2 aromatic carbocycles. The molecule has 1 aliphatic rings. The van der Waals surface area contributed by atoms with Crippen molar-refractivity contribution in [1.29, 1.82) is 0 Å². The van der Waals surface area contributed by atoms with Gasteiger partial charge >= 0.3 is 0 Å². The van der Waals surface area contributed by atoms with E-state index in [0.717, 1.165) is 24.0 Å². The Bertz CT molecular complexity index is 1160. The van der Waals surface area contributed by atoms with E-state index in [2.05, 4.69) is 10.0 Å². The van der Waals surface area contributed by atoms with Crippen molar-refractivity contribution in [2.45, 2.75) is 70.9 Å². The van der Waals surface area contributed by atoms with Crippen LogP contribution < -0.4 is 10.0 Å². The average Bonchev–Trinajstić information content (AvgIpc) is 3.25. The molecule has 33 heavy (non-hydrogen) atoms. The van der Waals surface area contributed by atoms with Gasteiger partial charge in [-0.2, -0.15) is 0 Å². The van der Waals surface area contributed by atoms with Crippen LogP contribution in [0.3, 0.4) is 0 Å². The summed E-state index contributed by atoms with van der Waals surface area (Å²) in [4.78, 5) is 27.7. The second-order valence-electron chi connectivity index (χ2n) is 8.86. The van der Waals surface area contributed by atoms with Gasteiger partial charge in [0.25, 0.3) is 15.9 Å². The van der Waals surface area contributed by atoms with Crippen molar-refractivity contribution >= 4 is 27.5 Å². The molecule has 0 aliphatic carbocycles. The van der Waals surface area contributed by atoms with Crippen LogP contribution in [-0.4, -0.2) is 43.8 Å². The fraction of sp³-hybridized carbons (Fsp3) is 0.440. The van der Waals surface area contributed by atoms with E-state index in [-0.39, 0.29) is 22.8 Å². The van der Waals surface area contributed by atoms with E-state index >= 15 is 0 Å². The minimum atomic E-state index is -3.82. The number of aryl methyl sites for hydroxylation is 3. The van der Waals surface area contributed by atoms with E-state index in [1.54, 1.807) is 36.1 Å². The molecular formula is C25H33N3O4S. The van der Waals surface area contributed by atoms with Gasteiger partial charge in [-0.3, -0.25) is 14.3 Å². The van der Waals surface area contributed by atoms with Crippen molar-refractivity contribution < 1.29 is 18.0 Å². The molecule has 0 spiro atoms. The van der Waals surface area contributed by atoms with E-state index in [1.807, 2.05) is 33.8 Å². The normalized spacial score (nSPS) is 17.0. The molecule has 0 unspecified atom stereocenters. The van der Waals surface area contributed by atoms with E-state index < -0.39 is 16.1 Å². The molecule has 0 aromatic heterocycles. The zero-order valence-corrected chi connectivity index (χ0v) is 20.8. The minimum absolute atomic E-state index is 0.0432. The predicted molar refractivity (Wildman–Crippen MR) is 130 cm³/mol. The van der Waals surface area contributed by atoms with Gasteiger partial charge < -0.3 is 10.2 Å². The zero-order chi connectivity index (χ0) is 24.3. The maximum atomic E-state index is 13.2. The van der Waals surface area contributed by atoms with E-state index in [0.29, 0.717) is 29.8 Å². The molecule has 0 saturated carbocycles. The topological polar surface area (TPSA) is 95.6 Å². The number of benzene rings is 2. The van der Waals surface area contributed by atoms with Gasteiger partial charge in [0.2, 0.25) is 5.91 Å². The Morgan fingerprint density at radius 1 is 1.09 bits per heavy atom. The first-order valence-electron chi connectivity index (χ1n) is 11.4. The van der Waals surface area contributed by atoms with Gasteiger partial charge in [-0.05, 0) is 87.9 Å². The molecule has 7 nitrogen and oxygen atoms in total. The standard InChI is InChI=1S/C25H33N3O4S/c1-6-19(5)26-24(29)22-11-8-12-28(22)25(30)20-9-7-10-21(15-20)27-33(31,32)23-14-17(3)16(2)13-18(23)4/h7,9-10,13-15,19,22,27H,6,8,11-12H2,1-5H3,(H,26,29)/t19-,22+/m0/s1. The van der Waals surface area contributed by atoms with Crippen LogP contribution in [-0.2, 0) is 14.8 Å². The number of amides is 2. The Balaban J connectivity index is 1.81. The lowest BCUT2D eigenvalue weighted by molar-refractivity contribution is -0.125. The summed E-state index contributed by atoms with van der Waals surface area (Å²) in [5, 5.41) is 2.96. The number of hydrogen-bond donors (Lipinski definition) is 2. The molecule has 1 aliphatic heterocycles. The Hall–Kier alpha value is -2.87. The third-order valence-corrected chi connectivity index (χ3v) is 7.78. The van der Waals surface area contributed by atoms with E-state index in [9.17, 15) is 18.0 Å². The van der Waals surface area contributed by atoms with Gasteiger partial charge in [-0.15, -0.1) is 0 Å². The van der Waals surface area contributed by atoms with Crippen molar-refractivity contribution in [2.24, 2.45) is 0 Å². The largest absolute Gasteiger partial charge is 0.352 e. The molecule has 8 heteroatoms. The SMILES string of the molecule is CC[C@H](C)NC(=O)[C@H]1CCCN1C(=O)c1cccc(NS(=O)(=O)c2cc(C)c(C)cc2C)c1. The molecule has 1 saturated heterocycles. The second-order valence-corrected chi connectivity index (χ2v) is 10.5. The highest BCUT2D eigenvalue weighted by Crippen LogP contribution is 2.25. The van der Waals surface area contributed by atoms with Gasteiger partial charge in [-0.1, -0.05) is 19.1 Å². The van der Waals surface area contributed by atoms with Gasteiger partial charge in [0.15, 0.2) is 0 Å². The number of likely N-dealkylation sites (tertiary alicyclic amines) is 1. The van der Waals surface area contributed by atoms with Gasteiger partial charge in [-0.25, -0.2) is 8.42 Å². The lowest BCUT2D eigenvalue weighted by Gasteiger charge is -2.25. The minimum Gasteiger partial charge on any atom is -0.352 e. The summed E-state index contributed by atoms with van der Waals surface area (Å²) in [6.45, 7) is 10.0. The number of carbonyl (C=O) groups excluding carboxylic acids is 2. The van der Waals surface area contributed by atoms with E-state index in [1.165, 1.54) is 6.07 Å². The molecule has 178 valence electrons. The highest BCUT2D eigenvalue weighted by molar-refractivity contribution is 7.92. The summed E-state index contributed by atoms with van der Waals surface area (Å²) in [7, 11) is -3.82. The Morgan fingerprint density at radius 3 is 2.48 bits per heavy atom. The zero-order valence-electron chi connectivity index (χ0n) is 19.9. The second kappa shape index (κ2) is 9.95. The Morgan fingerprint density at radius 2 is 1.79 bits per heavy atom. The predicted octanol–water partition coefficient (Wildman–Crippen LogP) is 3.93. The quantitative estimate of drug-likeness (QED) is 0.640. The van der Waals surface area contributed by atoms with Gasteiger partial charge in [0.1, 0.15) is 6.04 Å². The van der Waals surface area contributed by atoms with E-state index in [4.69, 9.17) is 0 Å². The summed E-state index contributed by atoms with van der Waals surface area (Å²) in [6.07, 6.45) is 2.18. The summed E-state index contributed by atoms with van der Waals surface area (Å²) in [5.41, 5.74) is 3.22. The number of nitrogens with one attached hydrogen (secondary N) is 2. The molecule has 2 N–H and O–H groups in total. The Labute approximate surface area is 196 Å². The summed E-state index contributed by atoms with van der Waals surface area (Å²) in [6, 6.07) is 9.47. The smallest absolute Gasteiger partial charge is 0.262 e. The summed E-state index contributed by atoms with van der Waals surface area (Å²) >= 11 is 0. The van der Waals surface area contributed by atoms with Crippen LogP contribution >= 0.6 is 0 Å². The van der Waals surface area contributed by atoms with Gasteiger partial charge in [0.05, 0.1) is 4.90 Å². The third kappa shape index (κ3) is 5.55. The number of hydrogen-bond acceptors (Lipinski definition) is 4. The number of rotatable bonds is 7. The lowest BCUT2D eigenvalue weighted by Crippen LogP contribution is -2.48. The van der Waals surface area contributed by atoms with Crippen LogP contribution in [0.1, 0.15) is 60.2 Å². The first kappa shape index (κ1) is 24.8. The van der Waals surface area contributed by atoms with Crippen LogP contribution in [0, 0.1) is 20.8 Å². The summed E-state index contributed by atoms with van der Waals surface area (Å²) in [5.74, 6) is -0.419. The fourth-order valence-electron chi connectivity index (χ4n) is 4.04. The maximum absolute atomic E-state index is 13.2. The van der Waals surface area contributed by atoms with Crippen molar-refractivity contribution in [1.82, 2.24) is 10.2 Å². The van der Waals surface area contributed by atoms with Crippen molar-refractivity contribution in [3.63, 3.8) is 0 Å². The first-order chi connectivity index (χ1) is 15.5. The summed E-state index contributed by atoms with van der Waals surface area (Å²) < 4.78 is 28.7. The molecule has 1 heterocycles. The Kier molecular flexibility index (Phi) is 7.47. The molecule has 0 radical (unpaired) electrons. The maximum Gasteiger partial charge on any atom is 0.262 e. The first-order valence-corrected chi connectivity index (χ1v) is 12.8. The van der Waals surface area contributed by atoms with Crippen molar-refractivity contribution in [3.8, 4) is 0 Å².